The second kappa shape index (κ2) is 14.3. The molecule has 0 aliphatic rings. The lowest BCUT2D eigenvalue weighted by molar-refractivity contribution is -0.124. The van der Waals surface area contributed by atoms with Crippen molar-refractivity contribution in [1.29, 1.82) is 0 Å². The minimum atomic E-state index is -1.13. The molecule has 5 aromatic rings. The Hall–Kier alpha value is -4.51. The Morgan fingerprint density at radius 3 is 2.22 bits per heavy atom. The lowest BCUT2D eigenvalue weighted by Gasteiger charge is -2.14. The molecule has 46 heavy (non-hydrogen) atoms. The maximum atomic E-state index is 14.8. The van der Waals surface area contributed by atoms with Gasteiger partial charge < -0.3 is 20.3 Å². The van der Waals surface area contributed by atoms with Crippen LogP contribution in [0.25, 0.3) is 20.7 Å². The van der Waals surface area contributed by atoms with Crippen LogP contribution in [0, 0.1) is 17.6 Å². The molecule has 2 heterocycles. The zero-order chi connectivity index (χ0) is 33.0. The fourth-order valence-electron chi connectivity index (χ4n) is 5.20. The van der Waals surface area contributed by atoms with E-state index in [1.807, 2.05) is 30.3 Å². The van der Waals surface area contributed by atoms with Gasteiger partial charge in [0.25, 0.3) is 5.91 Å². The van der Waals surface area contributed by atoms with E-state index in [4.69, 9.17) is 0 Å². The van der Waals surface area contributed by atoms with E-state index in [2.05, 4.69) is 10.6 Å². The Balaban J connectivity index is 1.67. The van der Waals surface area contributed by atoms with Gasteiger partial charge in [-0.25, -0.2) is 8.78 Å². The normalized spacial score (nSPS) is 12.1. The molecule has 3 N–H and O–H groups in total. The van der Waals surface area contributed by atoms with Gasteiger partial charge in [-0.2, -0.15) is 0 Å². The van der Waals surface area contributed by atoms with Gasteiger partial charge in [0.05, 0.1) is 17.5 Å². The smallest absolute Gasteiger partial charge is 0.253 e. The number of aromatic nitrogens is 1. The maximum Gasteiger partial charge on any atom is 0.253 e. The average molecular weight is 644 g/mol. The first-order valence-corrected chi connectivity index (χ1v) is 15.9. The lowest BCUT2D eigenvalue weighted by atomic mass is 9.99. The zero-order valence-electron chi connectivity index (χ0n) is 25.8. The maximum absolute atomic E-state index is 14.8. The summed E-state index contributed by atoms with van der Waals surface area (Å²) >= 11 is 1.29. The number of thiophene rings is 1. The summed E-state index contributed by atoms with van der Waals surface area (Å²) in [6.07, 6.45) is 0.566. The molecule has 2 aromatic heterocycles. The van der Waals surface area contributed by atoms with Crippen LogP contribution in [0.4, 0.5) is 14.5 Å². The van der Waals surface area contributed by atoms with Crippen LogP contribution in [0.2, 0.25) is 0 Å². The number of hydrogen-bond donors (Lipinski definition) is 3. The van der Waals surface area contributed by atoms with E-state index in [1.165, 1.54) is 35.7 Å². The largest absolute Gasteiger partial charge is 0.383 e. The van der Waals surface area contributed by atoms with Gasteiger partial charge >= 0.3 is 0 Å². The fraction of sp³-hybridized carbons (Fsp3) is 0.250. The first-order chi connectivity index (χ1) is 22.1. The predicted molar refractivity (Wildman–Crippen MR) is 178 cm³/mol. The molecule has 238 valence electrons. The molecule has 7 nitrogen and oxygen atoms in total. The summed E-state index contributed by atoms with van der Waals surface area (Å²) in [5.74, 6) is -2.80. The molecule has 1 unspecified atom stereocenters. The number of pyridine rings is 1. The molecule has 3 aromatic carbocycles. The number of nitrogens with zero attached hydrogens (tertiary/aromatic N) is 1. The number of nitrogens with one attached hydrogen (secondary N) is 2. The zero-order valence-corrected chi connectivity index (χ0v) is 26.6. The van der Waals surface area contributed by atoms with Gasteiger partial charge in [-0.15, -0.1) is 11.3 Å². The number of aliphatic hydroxyl groups excluding tert-OH is 1. The number of hydrogen-bond acceptors (Lipinski definition) is 6. The number of rotatable bonds is 12. The van der Waals surface area contributed by atoms with Crippen molar-refractivity contribution in [1.82, 2.24) is 9.88 Å². The number of benzene rings is 3. The molecule has 0 fully saturated rings. The predicted octanol–water partition coefficient (Wildman–Crippen LogP) is 6.89. The summed E-state index contributed by atoms with van der Waals surface area (Å²) in [6.45, 7) is 5.67. The van der Waals surface area contributed by atoms with E-state index in [9.17, 15) is 28.3 Å². The molecule has 0 saturated heterocycles. The molecule has 0 radical (unpaired) electrons. The molecule has 0 spiro atoms. The average Bonchev–Trinajstić information content (AvgIpc) is 3.44. The number of aliphatic hydroxyl groups is 1. The number of ketones is 1. The third-order valence-electron chi connectivity index (χ3n) is 7.76. The van der Waals surface area contributed by atoms with Crippen molar-refractivity contribution in [3.05, 3.63) is 123 Å². The summed E-state index contributed by atoms with van der Waals surface area (Å²) in [4.78, 5) is 40.8. The summed E-state index contributed by atoms with van der Waals surface area (Å²) in [5.41, 5.74) is 2.28. The van der Waals surface area contributed by atoms with Crippen LogP contribution >= 0.6 is 11.3 Å². The van der Waals surface area contributed by atoms with E-state index in [-0.39, 0.29) is 36.4 Å². The minimum absolute atomic E-state index is 0.0413. The Morgan fingerprint density at radius 2 is 1.59 bits per heavy atom. The fourth-order valence-corrected chi connectivity index (χ4v) is 6.50. The van der Waals surface area contributed by atoms with Gasteiger partial charge in [0.15, 0.2) is 5.78 Å². The number of amides is 1. The van der Waals surface area contributed by atoms with Crippen molar-refractivity contribution in [3.63, 3.8) is 0 Å². The molecule has 1 atom stereocenters. The number of anilines is 1. The van der Waals surface area contributed by atoms with E-state index in [0.717, 1.165) is 16.0 Å². The summed E-state index contributed by atoms with van der Waals surface area (Å²) in [6, 6.07) is 20.4. The first kappa shape index (κ1) is 32.9. The van der Waals surface area contributed by atoms with Crippen LogP contribution in [0.5, 0.6) is 0 Å². The monoisotopic (exact) mass is 643 g/mol. The van der Waals surface area contributed by atoms with Crippen molar-refractivity contribution in [2.24, 2.45) is 5.92 Å². The Kier molecular flexibility index (Phi) is 10.2. The summed E-state index contributed by atoms with van der Waals surface area (Å²) in [7, 11) is 0. The highest BCUT2D eigenvalue weighted by Gasteiger charge is 2.25. The van der Waals surface area contributed by atoms with Crippen molar-refractivity contribution >= 4 is 38.9 Å². The second-order valence-electron chi connectivity index (χ2n) is 11.4. The van der Waals surface area contributed by atoms with Crippen LogP contribution in [0.3, 0.4) is 0 Å². The van der Waals surface area contributed by atoms with Gasteiger partial charge in [0.1, 0.15) is 22.6 Å². The van der Waals surface area contributed by atoms with E-state index in [0.29, 0.717) is 28.0 Å². The highest BCUT2D eigenvalue weighted by Crippen LogP contribution is 2.39. The number of fused-ring (bicyclic) bond motifs is 1. The highest BCUT2D eigenvalue weighted by molar-refractivity contribution is 7.22. The van der Waals surface area contributed by atoms with Crippen molar-refractivity contribution in [3.8, 4) is 10.4 Å². The summed E-state index contributed by atoms with van der Waals surface area (Å²) < 4.78 is 31.3. The van der Waals surface area contributed by atoms with Crippen molar-refractivity contribution < 1.29 is 23.5 Å². The quantitative estimate of drug-likeness (QED) is 0.129. The van der Waals surface area contributed by atoms with Crippen LogP contribution in [-0.4, -0.2) is 27.5 Å². The van der Waals surface area contributed by atoms with E-state index in [1.54, 1.807) is 49.6 Å². The molecule has 0 saturated carbocycles. The molecule has 10 heteroatoms. The standard InChI is InChI=1S/C36H35F2N3O4S/c1-4-30(42)35(45)40-24-15-13-23(14-16-24)34-25(18-39-17-22-9-6-5-7-10-22)31-33(44)27(32(43)21(2)3)20-41(36(31)46-34)19-26-28(37)11-8-12-29(26)38/h5-16,20-21,30,39,42H,4,17-19H2,1-3H3,(H,40,45). The third-order valence-corrected chi connectivity index (χ3v) is 9.08. The van der Waals surface area contributed by atoms with Gasteiger partial charge in [0.2, 0.25) is 5.43 Å². The van der Waals surface area contributed by atoms with Gasteiger partial charge in [0, 0.05) is 41.3 Å². The summed E-state index contributed by atoms with van der Waals surface area (Å²) in [5, 5.41) is 16.3. The van der Waals surface area contributed by atoms with E-state index >= 15 is 0 Å². The van der Waals surface area contributed by atoms with Gasteiger partial charge in [-0.3, -0.25) is 14.4 Å². The molecule has 0 aliphatic heterocycles. The Labute approximate surface area is 269 Å². The highest BCUT2D eigenvalue weighted by atomic mass is 32.1. The number of halogens is 2. The van der Waals surface area contributed by atoms with Crippen molar-refractivity contribution in [2.75, 3.05) is 5.32 Å². The van der Waals surface area contributed by atoms with Crippen LogP contribution < -0.4 is 16.1 Å². The molecule has 0 bridgehead atoms. The molecule has 1 amide bonds. The molecule has 0 aliphatic carbocycles. The molecule has 5 rings (SSSR count). The van der Waals surface area contributed by atoms with Crippen LogP contribution in [0.15, 0.2) is 83.8 Å². The van der Waals surface area contributed by atoms with Gasteiger partial charge in [-0.1, -0.05) is 69.3 Å². The second-order valence-corrected chi connectivity index (χ2v) is 12.4. The SMILES string of the molecule is CCC(O)C(=O)Nc1ccc(-c2sc3c(c2CNCc2ccccc2)c(=O)c(C(=O)C(C)C)cn3Cc2c(F)cccc2F)cc1. The molecular weight excluding hydrogens is 608 g/mol. The Bertz CT molecular complexity index is 1920. The van der Waals surface area contributed by atoms with Crippen LogP contribution in [0.1, 0.15) is 54.2 Å². The minimum Gasteiger partial charge on any atom is -0.383 e. The number of Topliss-reactive ketones (excluding diaryl/α,β-unsaturated/α-hetero) is 1. The lowest BCUT2D eigenvalue weighted by Crippen LogP contribution is -2.26. The number of carbonyl (C=O) groups excluding carboxylic acids is 2. The van der Waals surface area contributed by atoms with Crippen LogP contribution in [-0.2, 0) is 24.4 Å². The number of carbonyl (C=O) groups is 2. The van der Waals surface area contributed by atoms with E-state index < -0.39 is 35.0 Å². The van der Waals surface area contributed by atoms with Crippen molar-refractivity contribution in [2.45, 2.75) is 52.9 Å². The van der Waals surface area contributed by atoms with Gasteiger partial charge in [-0.05, 0) is 47.4 Å². The third kappa shape index (κ3) is 6.99. The topological polar surface area (TPSA) is 100 Å². The molecular formula is C36H35F2N3O4S. The Morgan fingerprint density at radius 1 is 0.913 bits per heavy atom. The first-order valence-electron chi connectivity index (χ1n) is 15.1.